The van der Waals surface area contributed by atoms with Crippen LogP contribution in [0.1, 0.15) is 30.6 Å². The quantitative estimate of drug-likeness (QED) is 0.880. The van der Waals surface area contributed by atoms with Gasteiger partial charge in [-0.2, -0.15) is 0 Å². The Balaban J connectivity index is 2.33. The lowest BCUT2D eigenvalue weighted by molar-refractivity contribution is 0.540. The van der Waals surface area contributed by atoms with Gasteiger partial charge in [0, 0.05) is 18.8 Å². The number of halogens is 1. The van der Waals surface area contributed by atoms with Crippen molar-refractivity contribution in [2.75, 3.05) is 6.54 Å². The van der Waals surface area contributed by atoms with Gasteiger partial charge < -0.3 is 9.88 Å². The number of nitrogens with one attached hydrogen (secondary N) is 1. The Bertz CT molecular complexity index is 507. The van der Waals surface area contributed by atoms with Crippen molar-refractivity contribution in [2.45, 2.75) is 19.4 Å². The maximum atomic E-state index is 13.9. The molecule has 1 heterocycles. The van der Waals surface area contributed by atoms with Crippen molar-refractivity contribution in [1.29, 1.82) is 0 Å². The fourth-order valence-corrected chi connectivity index (χ4v) is 1.95. The summed E-state index contributed by atoms with van der Waals surface area (Å²) in [6.07, 6.45) is 4.65. The zero-order valence-electron chi connectivity index (χ0n) is 10.7. The van der Waals surface area contributed by atoms with Crippen molar-refractivity contribution in [3.05, 3.63) is 53.9 Å². The van der Waals surface area contributed by atoms with Crippen LogP contribution in [-0.2, 0) is 7.05 Å². The number of rotatable bonds is 5. The van der Waals surface area contributed by atoms with Crippen LogP contribution in [0.5, 0.6) is 0 Å². The van der Waals surface area contributed by atoms with Crippen LogP contribution in [-0.4, -0.2) is 16.1 Å². The molecule has 2 rings (SSSR count). The zero-order chi connectivity index (χ0) is 13.0. The average Bonchev–Trinajstić information content (AvgIpc) is 2.78. The van der Waals surface area contributed by atoms with E-state index in [-0.39, 0.29) is 11.9 Å². The summed E-state index contributed by atoms with van der Waals surface area (Å²) in [6.45, 7) is 2.92. The van der Waals surface area contributed by atoms with Gasteiger partial charge in [-0.25, -0.2) is 9.37 Å². The highest BCUT2D eigenvalue weighted by molar-refractivity contribution is 5.28. The van der Waals surface area contributed by atoms with Gasteiger partial charge in [0.1, 0.15) is 5.82 Å². The monoisotopic (exact) mass is 247 g/mol. The summed E-state index contributed by atoms with van der Waals surface area (Å²) in [5, 5.41) is 3.34. The Morgan fingerprint density at radius 2 is 2.17 bits per heavy atom. The molecule has 0 saturated carbocycles. The zero-order valence-corrected chi connectivity index (χ0v) is 10.7. The molecule has 1 atom stereocenters. The molecule has 1 N–H and O–H groups in total. The fourth-order valence-electron chi connectivity index (χ4n) is 1.95. The van der Waals surface area contributed by atoms with E-state index in [0.29, 0.717) is 5.56 Å². The first-order valence-electron chi connectivity index (χ1n) is 6.18. The molecule has 18 heavy (non-hydrogen) atoms. The first-order chi connectivity index (χ1) is 8.72. The maximum Gasteiger partial charge on any atom is 0.128 e. The van der Waals surface area contributed by atoms with Gasteiger partial charge in [-0.05, 0) is 19.0 Å². The third kappa shape index (κ3) is 2.76. The molecule has 0 fully saturated rings. The smallest absolute Gasteiger partial charge is 0.128 e. The van der Waals surface area contributed by atoms with Gasteiger partial charge in [0.15, 0.2) is 0 Å². The van der Waals surface area contributed by atoms with E-state index >= 15 is 0 Å². The molecule has 0 spiro atoms. The van der Waals surface area contributed by atoms with Gasteiger partial charge in [0.05, 0.1) is 18.1 Å². The molecule has 0 saturated heterocycles. The van der Waals surface area contributed by atoms with Crippen LogP contribution in [0.15, 0.2) is 36.8 Å². The number of aryl methyl sites for hydroxylation is 1. The normalized spacial score (nSPS) is 12.6. The highest BCUT2D eigenvalue weighted by Crippen LogP contribution is 2.22. The van der Waals surface area contributed by atoms with Gasteiger partial charge >= 0.3 is 0 Å². The van der Waals surface area contributed by atoms with Gasteiger partial charge in [-0.1, -0.05) is 25.1 Å². The van der Waals surface area contributed by atoms with Crippen molar-refractivity contribution in [1.82, 2.24) is 14.9 Å². The molecule has 0 aliphatic rings. The van der Waals surface area contributed by atoms with Crippen LogP contribution in [0.25, 0.3) is 0 Å². The van der Waals surface area contributed by atoms with Crippen LogP contribution in [0.2, 0.25) is 0 Å². The largest absolute Gasteiger partial charge is 0.340 e. The van der Waals surface area contributed by atoms with Crippen LogP contribution in [0.4, 0.5) is 4.39 Å². The molecule has 0 bridgehead atoms. The Hall–Kier alpha value is -1.68. The second kappa shape index (κ2) is 5.78. The second-order valence-electron chi connectivity index (χ2n) is 4.37. The molecule has 1 unspecified atom stereocenters. The van der Waals surface area contributed by atoms with E-state index in [0.717, 1.165) is 18.7 Å². The van der Waals surface area contributed by atoms with E-state index in [2.05, 4.69) is 17.2 Å². The minimum Gasteiger partial charge on any atom is -0.340 e. The molecule has 1 aromatic carbocycles. The summed E-state index contributed by atoms with van der Waals surface area (Å²) in [7, 11) is 1.91. The average molecular weight is 247 g/mol. The Morgan fingerprint density at radius 1 is 1.39 bits per heavy atom. The molecular formula is C14H18FN3. The lowest BCUT2D eigenvalue weighted by atomic mass is 10.0. The molecule has 96 valence electrons. The summed E-state index contributed by atoms with van der Waals surface area (Å²) in [5.41, 5.74) is 1.49. The summed E-state index contributed by atoms with van der Waals surface area (Å²) in [4.78, 5) is 4.32. The highest BCUT2D eigenvalue weighted by Gasteiger charge is 2.18. The van der Waals surface area contributed by atoms with E-state index in [1.165, 1.54) is 6.07 Å². The molecule has 2 aromatic rings. The minimum absolute atomic E-state index is 0.188. The fraction of sp³-hybridized carbons (Fsp3) is 0.357. The molecule has 0 aliphatic carbocycles. The van der Waals surface area contributed by atoms with E-state index in [9.17, 15) is 4.39 Å². The predicted molar refractivity (Wildman–Crippen MR) is 69.7 cm³/mol. The summed E-state index contributed by atoms with van der Waals surface area (Å²) >= 11 is 0. The van der Waals surface area contributed by atoms with Crippen molar-refractivity contribution >= 4 is 0 Å². The molecule has 4 heteroatoms. The summed E-state index contributed by atoms with van der Waals surface area (Å²) in [6, 6.07) is 6.65. The summed E-state index contributed by atoms with van der Waals surface area (Å²) in [5.74, 6) is -0.197. The standard InChI is InChI=1S/C14H18FN3/c1-3-8-16-14(13-9-18(2)10-17-13)11-6-4-5-7-12(11)15/h4-7,9-10,14,16H,3,8H2,1-2H3. The maximum absolute atomic E-state index is 13.9. The van der Waals surface area contributed by atoms with Gasteiger partial charge in [-0.3, -0.25) is 0 Å². The number of hydrogen-bond donors (Lipinski definition) is 1. The molecule has 1 aromatic heterocycles. The Morgan fingerprint density at radius 3 is 2.78 bits per heavy atom. The second-order valence-corrected chi connectivity index (χ2v) is 4.37. The van der Waals surface area contributed by atoms with Gasteiger partial charge in [0.2, 0.25) is 0 Å². The Kier molecular flexibility index (Phi) is 4.10. The summed E-state index contributed by atoms with van der Waals surface area (Å²) < 4.78 is 15.8. The van der Waals surface area contributed by atoms with Gasteiger partial charge in [-0.15, -0.1) is 0 Å². The molecule has 3 nitrogen and oxygen atoms in total. The number of aromatic nitrogens is 2. The Labute approximate surface area is 107 Å². The molecule has 0 amide bonds. The molecular weight excluding hydrogens is 229 g/mol. The SMILES string of the molecule is CCCNC(c1cn(C)cn1)c1ccccc1F. The number of imidazole rings is 1. The third-order valence-electron chi connectivity index (χ3n) is 2.84. The van der Waals surface area contributed by atoms with Crippen LogP contribution >= 0.6 is 0 Å². The predicted octanol–water partition coefficient (Wildman–Crippen LogP) is 2.65. The lowest BCUT2D eigenvalue weighted by Crippen LogP contribution is -2.24. The lowest BCUT2D eigenvalue weighted by Gasteiger charge is -2.17. The molecule has 0 radical (unpaired) electrons. The third-order valence-corrected chi connectivity index (χ3v) is 2.84. The first kappa shape index (κ1) is 12.8. The van der Waals surface area contributed by atoms with E-state index in [4.69, 9.17) is 0 Å². The minimum atomic E-state index is -0.197. The van der Waals surface area contributed by atoms with E-state index < -0.39 is 0 Å². The van der Waals surface area contributed by atoms with Crippen molar-refractivity contribution in [2.24, 2.45) is 7.05 Å². The number of benzene rings is 1. The van der Waals surface area contributed by atoms with Crippen molar-refractivity contribution < 1.29 is 4.39 Å². The van der Waals surface area contributed by atoms with E-state index in [1.807, 2.05) is 23.9 Å². The van der Waals surface area contributed by atoms with Crippen molar-refractivity contribution in [3.63, 3.8) is 0 Å². The topological polar surface area (TPSA) is 29.9 Å². The first-order valence-corrected chi connectivity index (χ1v) is 6.18. The van der Waals surface area contributed by atoms with Gasteiger partial charge in [0.25, 0.3) is 0 Å². The van der Waals surface area contributed by atoms with Crippen LogP contribution in [0.3, 0.4) is 0 Å². The highest BCUT2D eigenvalue weighted by atomic mass is 19.1. The van der Waals surface area contributed by atoms with E-state index in [1.54, 1.807) is 18.5 Å². The number of nitrogens with zero attached hydrogens (tertiary/aromatic N) is 2. The number of hydrogen-bond acceptors (Lipinski definition) is 2. The van der Waals surface area contributed by atoms with Crippen LogP contribution in [0, 0.1) is 5.82 Å². The molecule has 0 aliphatic heterocycles. The van der Waals surface area contributed by atoms with Crippen molar-refractivity contribution in [3.8, 4) is 0 Å². The van der Waals surface area contributed by atoms with Crippen LogP contribution < -0.4 is 5.32 Å².